The van der Waals surface area contributed by atoms with Crippen LogP contribution in [0.2, 0.25) is 0 Å². The molecule has 4 N–H and O–H groups in total. The lowest BCUT2D eigenvalue weighted by Crippen LogP contribution is -2.50. The van der Waals surface area contributed by atoms with Crippen LogP contribution in [-0.4, -0.2) is 68.0 Å². The van der Waals surface area contributed by atoms with E-state index in [4.69, 9.17) is 0 Å². The van der Waals surface area contributed by atoms with Crippen LogP contribution in [0.5, 0.6) is 0 Å². The van der Waals surface area contributed by atoms with Crippen LogP contribution in [-0.2, 0) is 4.79 Å². The molecule has 2 aliphatic rings. The summed E-state index contributed by atoms with van der Waals surface area (Å²) in [6, 6.07) is 5.27. The number of aliphatic hydroxyl groups is 1. The highest BCUT2D eigenvalue weighted by molar-refractivity contribution is 5.99. The molecule has 3 aromatic heterocycles. The molecule has 2 amide bonds. The summed E-state index contributed by atoms with van der Waals surface area (Å²) in [6.07, 6.45) is 3.25. The predicted octanol–water partition coefficient (Wildman–Crippen LogP) is 0.152. The fraction of sp³-hybridized carbons (Fsp3) is 0.368. The monoisotopic (exact) mass is 423 g/mol. The van der Waals surface area contributed by atoms with Gasteiger partial charge in [-0.1, -0.05) is 0 Å². The maximum Gasteiger partial charge on any atom is 0.273 e. The molecule has 160 valence electrons. The minimum atomic E-state index is -0.433. The number of β-amino-alcohol motifs (C(OH)–C–C–N with tert-alkyl or cyclic N) is 1. The maximum atomic E-state index is 12.2. The normalized spacial score (nSPS) is 16.1. The third kappa shape index (κ3) is 3.84. The first kappa shape index (κ1) is 19.2. The summed E-state index contributed by atoms with van der Waals surface area (Å²) < 4.78 is 1.62. The van der Waals surface area contributed by atoms with E-state index < -0.39 is 5.91 Å². The van der Waals surface area contributed by atoms with Gasteiger partial charge in [-0.25, -0.2) is 4.52 Å². The van der Waals surface area contributed by atoms with Crippen molar-refractivity contribution in [2.24, 2.45) is 5.92 Å². The van der Waals surface area contributed by atoms with Crippen LogP contribution in [0.4, 0.5) is 23.1 Å². The quantitative estimate of drug-likeness (QED) is 0.434. The van der Waals surface area contributed by atoms with Crippen LogP contribution in [0, 0.1) is 5.92 Å². The Morgan fingerprint density at radius 2 is 2.00 bits per heavy atom. The number of nitrogens with one attached hydrogen (secondary N) is 3. The van der Waals surface area contributed by atoms with E-state index in [0.717, 1.165) is 18.5 Å². The standard InChI is InChI=1S/C19H21N9O3/c1-20-18(31)16-13(6-14(24-25-16)22-17(30)10-2-3-10)21-19-23-15-5-4-11(7-28(15)26-19)27-8-12(29)9-27/h4-7,10,12,29H,2-3,8-9H2,1H3,(H,20,31)(H2,21,22,24,26,30). The maximum absolute atomic E-state index is 12.2. The van der Waals surface area contributed by atoms with Crippen molar-refractivity contribution in [1.29, 1.82) is 0 Å². The minimum absolute atomic E-state index is 0.0126. The molecule has 2 fully saturated rings. The van der Waals surface area contributed by atoms with Gasteiger partial charge in [-0.15, -0.1) is 15.3 Å². The molecule has 0 atom stereocenters. The second-order valence-electron chi connectivity index (χ2n) is 7.64. The topological polar surface area (TPSA) is 150 Å². The van der Waals surface area contributed by atoms with E-state index in [0.29, 0.717) is 24.4 Å². The van der Waals surface area contributed by atoms with E-state index in [1.54, 1.807) is 4.52 Å². The van der Waals surface area contributed by atoms with Crippen molar-refractivity contribution in [3.05, 3.63) is 30.1 Å². The molecule has 1 saturated carbocycles. The number of carbonyl (C=O) groups excluding carboxylic acids is 2. The van der Waals surface area contributed by atoms with Gasteiger partial charge in [0.2, 0.25) is 11.9 Å². The first-order valence-electron chi connectivity index (χ1n) is 9.97. The minimum Gasteiger partial charge on any atom is -0.389 e. The number of anilines is 4. The highest BCUT2D eigenvalue weighted by Crippen LogP contribution is 2.30. The van der Waals surface area contributed by atoms with Crippen molar-refractivity contribution in [2.45, 2.75) is 18.9 Å². The summed E-state index contributed by atoms with van der Waals surface area (Å²) in [7, 11) is 1.49. The molecular formula is C19H21N9O3. The van der Waals surface area contributed by atoms with Gasteiger partial charge in [-0.05, 0) is 25.0 Å². The summed E-state index contributed by atoms with van der Waals surface area (Å²) in [6.45, 7) is 1.16. The number of aromatic nitrogens is 5. The molecule has 4 heterocycles. The fourth-order valence-corrected chi connectivity index (χ4v) is 3.31. The Hall–Kier alpha value is -3.80. The van der Waals surface area contributed by atoms with Crippen LogP contribution in [0.1, 0.15) is 23.3 Å². The average Bonchev–Trinajstić information content (AvgIpc) is 3.51. The summed E-state index contributed by atoms with van der Waals surface area (Å²) in [4.78, 5) is 30.7. The molecule has 1 saturated heterocycles. The van der Waals surface area contributed by atoms with Crippen LogP contribution < -0.4 is 20.9 Å². The molecular weight excluding hydrogens is 402 g/mol. The molecule has 31 heavy (non-hydrogen) atoms. The Morgan fingerprint density at radius 1 is 1.19 bits per heavy atom. The first-order valence-corrected chi connectivity index (χ1v) is 9.97. The number of rotatable bonds is 6. The van der Waals surface area contributed by atoms with E-state index in [9.17, 15) is 14.7 Å². The summed E-state index contributed by atoms with van der Waals surface area (Å²) in [5.74, 6) is -0.0218. The Bertz CT molecular complexity index is 1170. The molecule has 0 radical (unpaired) electrons. The number of aliphatic hydroxyl groups excluding tert-OH is 1. The van der Waals surface area contributed by atoms with Gasteiger partial charge in [0.25, 0.3) is 5.91 Å². The molecule has 1 aliphatic heterocycles. The first-order chi connectivity index (χ1) is 15.0. The van der Waals surface area contributed by atoms with Crippen molar-refractivity contribution in [1.82, 2.24) is 30.1 Å². The molecule has 12 nitrogen and oxygen atoms in total. The lowest BCUT2D eigenvalue weighted by Gasteiger charge is -2.37. The highest BCUT2D eigenvalue weighted by Gasteiger charge is 2.30. The van der Waals surface area contributed by atoms with E-state index in [1.807, 2.05) is 23.2 Å². The Kier molecular flexibility index (Phi) is 4.62. The number of hydrogen-bond donors (Lipinski definition) is 4. The Morgan fingerprint density at radius 3 is 2.71 bits per heavy atom. The van der Waals surface area contributed by atoms with Gasteiger partial charge >= 0.3 is 0 Å². The number of hydrogen-bond acceptors (Lipinski definition) is 9. The Balaban J connectivity index is 1.42. The molecule has 0 bridgehead atoms. The summed E-state index contributed by atoms with van der Waals surface area (Å²) in [5.41, 5.74) is 1.91. The zero-order valence-electron chi connectivity index (χ0n) is 16.7. The lowest BCUT2D eigenvalue weighted by atomic mass is 10.1. The molecule has 5 rings (SSSR count). The van der Waals surface area contributed by atoms with Gasteiger partial charge in [0.15, 0.2) is 17.2 Å². The van der Waals surface area contributed by atoms with Gasteiger partial charge in [0.1, 0.15) is 0 Å². The van der Waals surface area contributed by atoms with Crippen LogP contribution in [0.25, 0.3) is 5.65 Å². The van der Waals surface area contributed by atoms with Crippen molar-refractivity contribution in [3.8, 4) is 0 Å². The second kappa shape index (κ2) is 7.47. The molecule has 0 aromatic carbocycles. The zero-order chi connectivity index (χ0) is 21.5. The predicted molar refractivity (Wildman–Crippen MR) is 111 cm³/mol. The number of amides is 2. The SMILES string of the molecule is CNC(=O)c1nnc(NC(=O)C2CC2)cc1Nc1nc2ccc(N3CC(O)C3)cn2n1. The zero-order valence-corrected chi connectivity index (χ0v) is 16.7. The van der Waals surface area contributed by atoms with E-state index in [-0.39, 0.29) is 35.4 Å². The number of fused-ring (bicyclic) bond motifs is 1. The van der Waals surface area contributed by atoms with Crippen LogP contribution >= 0.6 is 0 Å². The fourth-order valence-electron chi connectivity index (χ4n) is 3.31. The van der Waals surface area contributed by atoms with Gasteiger partial charge in [0, 0.05) is 32.1 Å². The smallest absolute Gasteiger partial charge is 0.273 e. The molecule has 12 heteroatoms. The second-order valence-corrected chi connectivity index (χ2v) is 7.64. The van der Waals surface area contributed by atoms with E-state index >= 15 is 0 Å². The van der Waals surface area contributed by atoms with Crippen molar-refractivity contribution in [2.75, 3.05) is 35.7 Å². The third-order valence-electron chi connectivity index (χ3n) is 5.22. The van der Waals surface area contributed by atoms with Gasteiger partial charge in [0.05, 0.1) is 23.7 Å². The van der Waals surface area contributed by atoms with Gasteiger partial charge < -0.3 is 26.0 Å². The van der Waals surface area contributed by atoms with E-state index in [2.05, 4.69) is 36.2 Å². The van der Waals surface area contributed by atoms with Crippen molar-refractivity contribution >= 4 is 40.6 Å². The average molecular weight is 423 g/mol. The lowest BCUT2D eigenvalue weighted by molar-refractivity contribution is -0.117. The van der Waals surface area contributed by atoms with E-state index in [1.165, 1.54) is 13.1 Å². The molecule has 0 unspecified atom stereocenters. The largest absolute Gasteiger partial charge is 0.389 e. The molecule has 1 aliphatic carbocycles. The number of carbonyl (C=O) groups is 2. The number of nitrogens with zero attached hydrogens (tertiary/aromatic N) is 6. The summed E-state index contributed by atoms with van der Waals surface area (Å²) in [5, 5.41) is 30.1. The highest BCUT2D eigenvalue weighted by atomic mass is 16.3. The van der Waals surface area contributed by atoms with Crippen molar-refractivity contribution < 1.29 is 14.7 Å². The molecule has 0 spiro atoms. The van der Waals surface area contributed by atoms with Crippen LogP contribution in [0.3, 0.4) is 0 Å². The number of pyridine rings is 1. The third-order valence-corrected chi connectivity index (χ3v) is 5.22. The summed E-state index contributed by atoms with van der Waals surface area (Å²) >= 11 is 0. The van der Waals surface area contributed by atoms with Crippen molar-refractivity contribution in [3.63, 3.8) is 0 Å². The Labute approximate surface area is 176 Å². The van der Waals surface area contributed by atoms with Gasteiger partial charge in [-0.2, -0.15) is 4.98 Å². The van der Waals surface area contributed by atoms with Crippen LogP contribution in [0.15, 0.2) is 24.4 Å². The molecule has 3 aromatic rings. The van der Waals surface area contributed by atoms with Gasteiger partial charge in [-0.3, -0.25) is 9.59 Å².